The van der Waals surface area contributed by atoms with E-state index in [1.165, 1.54) is 24.3 Å². The third-order valence-corrected chi connectivity index (χ3v) is 11.8. The molecule has 1 aromatic heterocycles. The smallest absolute Gasteiger partial charge is 0.258 e. The fraction of sp³-hybridized carbons (Fsp3) is 0.333. The van der Waals surface area contributed by atoms with Crippen molar-refractivity contribution in [1.82, 2.24) is 19.1 Å². The maximum atomic E-state index is 15.3. The molecule has 0 aliphatic rings. The average Bonchev–Trinajstić information content (AvgIpc) is 2.94. The molecule has 0 radical (unpaired) electrons. The number of nitrogens with one attached hydrogen (secondary N) is 1. The van der Waals surface area contributed by atoms with E-state index < -0.39 is 44.5 Å². The molecule has 2 N–H and O–H groups in total. The minimum atomic E-state index is -2.16. The Morgan fingerprint density at radius 1 is 1.12 bits per heavy atom. The Kier molecular flexibility index (Phi) is 11.9. The number of hydrogen-bond acceptors (Lipinski definition) is 6. The lowest BCUT2D eigenvalue weighted by atomic mass is 10.3. The fourth-order valence-electron chi connectivity index (χ4n) is 4.01. The van der Waals surface area contributed by atoms with Crippen molar-refractivity contribution in [3.8, 4) is 11.5 Å². The fourth-order valence-corrected chi connectivity index (χ4v) is 8.30. The van der Waals surface area contributed by atoms with E-state index >= 15 is 8.78 Å². The standard InChI is InChI=1S/C27H33ClF2N4O4S2/c1-4-15-40(3,23-16-24(29)27(25(30)17-23)38-22-7-5-21(28)6-8-22)34(18-26(35)32-36)14-13-33(2)39(37)19-20-9-11-31-12-10-20/h5-12,16-17,36H,4,13-15,18-19H2,1-3H3,(H,32,35). The van der Waals surface area contributed by atoms with Crippen LogP contribution < -0.4 is 10.2 Å². The predicted octanol–water partition coefficient (Wildman–Crippen LogP) is 5.53. The molecule has 0 aliphatic heterocycles. The van der Waals surface area contributed by atoms with E-state index in [1.807, 2.05) is 13.2 Å². The number of nitrogens with zero attached hydrogens (tertiary/aromatic N) is 3. The summed E-state index contributed by atoms with van der Waals surface area (Å²) in [5.74, 6) is -1.95. The van der Waals surface area contributed by atoms with Gasteiger partial charge >= 0.3 is 0 Å². The Labute approximate surface area is 242 Å². The van der Waals surface area contributed by atoms with Gasteiger partial charge in [-0.2, -0.15) is 10.2 Å². The van der Waals surface area contributed by atoms with Gasteiger partial charge in [0.25, 0.3) is 5.91 Å². The second kappa shape index (κ2) is 14.9. The maximum absolute atomic E-state index is 15.3. The summed E-state index contributed by atoms with van der Waals surface area (Å²) >= 11 is 5.88. The molecule has 13 heteroatoms. The number of benzene rings is 2. The van der Waals surface area contributed by atoms with E-state index in [2.05, 4.69) is 4.98 Å². The lowest BCUT2D eigenvalue weighted by Crippen LogP contribution is -2.42. The van der Waals surface area contributed by atoms with Crippen LogP contribution in [-0.4, -0.2) is 67.6 Å². The number of hydroxylamine groups is 1. The molecular formula is C27H33ClF2N4O4S2. The van der Waals surface area contributed by atoms with Gasteiger partial charge in [-0.25, -0.2) is 22.8 Å². The molecule has 1 amide bonds. The third kappa shape index (κ3) is 8.45. The Morgan fingerprint density at radius 3 is 2.33 bits per heavy atom. The number of hydrogen-bond donors (Lipinski definition) is 2. The largest absolute Gasteiger partial charge is 0.451 e. The van der Waals surface area contributed by atoms with E-state index in [9.17, 15) is 14.2 Å². The molecule has 0 saturated carbocycles. The number of ether oxygens (including phenoxy) is 1. The number of likely N-dealkylation sites (N-methyl/N-ethyl adjacent to an activating group) is 1. The predicted molar refractivity (Wildman–Crippen MR) is 155 cm³/mol. The first-order valence-electron chi connectivity index (χ1n) is 12.4. The number of carbonyl (C=O) groups excluding carboxylic acids is 1. The monoisotopic (exact) mass is 614 g/mol. The van der Waals surface area contributed by atoms with Crippen molar-refractivity contribution < 1.29 is 27.7 Å². The highest BCUT2D eigenvalue weighted by Crippen LogP contribution is 2.57. The van der Waals surface area contributed by atoms with E-state index in [0.717, 1.165) is 5.56 Å². The molecule has 0 saturated heterocycles. The first-order chi connectivity index (χ1) is 19.1. The quantitative estimate of drug-likeness (QED) is 0.183. The van der Waals surface area contributed by atoms with Gasteiger partial charge in [0.05, 0.1) is 23.3 Å². The van der Waals surface area contributed by atoms with Gasteiger partial charge in [-0.05, 0) is 79.6 Å². The van der Waals surface area contributed by atoms with Crippen LogP contribution in [0, 0.1) is 11.6 Å². The lowest BCUT2D eigenvalue weighted by molar-refractivity contribution is -0.129. The molecule has 3 aromatic rings. The normalized spacial score (nSPS) is 14.5. The van der Waals surface area contributed by atoms with Crippen molar-refractivity contribution in [3.63, 3.8) is 0 Å². The lowest BCUT2D eigenvalue weighted by Gasteiger charge is -2.46. The van der Waals surface area contributed by atoms with Crippen molar-refractivity contribution in [2.75, 3.05) is 38.7 Å². The molecule has 2 aromatic carbocycles. The zero-order chi connectivity index (χ0) is 29.3. The summed E-state index contributed by atoms with van der Waals surface area (Å²) in [6.45, 7) is 2.27. The summed E-state index contributed by atoms with van der Waals surface area (Å²) in [4.78, 5) is 16.6. The van der Waals surface area contributed by atoms with Crippen molar-refractivity contribution in [2.24, 2.45) is 0 Å². The van der Waals surface area contributed by atoms with Gasteiger partial charge in [0.1, 0.15) is 5.75 Å². The first kappa shape index (κ1) is 31.9. The van der Waals surface area contributed by atoms with Gasteiger partial charge in [0.2, 0.25) is 0 Å². The second-order valence-corrected chi connectivity index (χ2v) is 14.6. The van der Waals surface area contributed by atoms with Crippen molar-refractivity contribution >= 4 is 38.7 Å². The molecule has 218 valence electrons. The summed E-state index contributed by atoms with van der Waals surface area (Å²) in [7, 11) is -1.81. The average molecular weight is 615 g/mol. The first-order valence-corrected chi connectivity index (χ1v) is 16.2. The molecule has 0 spiro atoms. The van der Waals surface area contributed by atoms with Gasteiger partial charge in [-0.1, -0.05) is 18.5 Å². The molecule has 1 heterocycles. The molecule has 8 nitrogen and oxygen atoms in total. The Balaban J connectivity index is 1.87. The zero-order valence-corrected chi connectivity index (χ0v) is 24.9. The molecule has 40 heavy (non-hydrogen) atoms. The van der Waals surface area contributed by atoms with Crippen LogP contribution in [0.2, 0.25) is 5.02 Å². The van der Waals surface area contributed by atoms with Crippen LogP contribution in [0.15, 0.2) is 65.8 Å². The summed E-state index contributed by atoms with van der Waals surface area (Å²) in [5.41, 5.74) is 2.51. The summed E-state index contributed by atoms with van der Waals surface area (Å²) in [6, 6.07) is 12.1. The van der Waals surface area contributed by atoms with E-state index in [-0.39, 0.29) is 18.8 Å². The van der Waals surface area contributed by atoms with Crippen LogP contribution in [0.5, 0.6) is 11.5 Å². The van der Waals surface area contributed by atoms with E-state index in [0.29, 0.717) is 34.4 Å². The van der Waals surface area contributed by atoms with Crippen molar-refractivity contribution in [3.05, 3.63) is 83.1 Å². The maximum Gasteiger partial charge on any atom is 0.258 e. The number of carbonyl (C=O) groups is 1. The summed E-state index contributed by atoms with van der Waals surface area (Å²) in [5, 5.41) is 9.70. The van der Waals surface area contributed by atoms with Crippen molar-refractivity contribution in [2.45, 2.75) is 24.0 Å². The Hall–Kier alpha value is -2.61. The Bertz CT molecular complexity index is 1280. The number of pyridine rings is 1. The van der Waals surface area contributed by atoms with Crippen molar-refractivity contribution in [1.29, 1.82) is 0 Å². The van der Waals surface area contributed by atoms with Gasteiger partial charge in [0, 0.05) is 35.4 Å². The second-order valence-electron chi connectivity index (χ2n) is 9.09. The summed E-state index contributed by atoms with van der Waals surface area (Å²) in [6.07, 6.45) is 5.79. The van der Waals surface area contributed by atoms with Gasteiger partial charge in [0.15, 0.2) is 17.4 Å². The van der Waals surface area contributed by atoms with Crippen LogP contribution >= 0.6 is 21.8 Å². The molecule has 0 aliphatic carbocycles. The highest BCUT2D eigenvalue weighted by atomic mass is 35.5. The van der Waals surface area contributed by atoms with Crippen LogP contribution in [0.1, 0.15) is 18.9 Å². The highest BCUT2D eigenvalue weighted by Gasteiger charge is 2.32. The van der Waals surface area contributed by atoms with Crippen LogP contribution in [0.3, 0.4) is 0 Å². The van der Waals surface area contributed by atoms with E-state index in [1.54, 1.807) is 57.8 Å². The van der Waals surface area contributed by atoms with E-state index in [4.69, 9.17) is 16.3 Å². The van der Waals surface area contributed by atoms with Gasteiger partial charge in [-0.3, -0.25) is 19.3 Å². The molecule has 0 fully saturated rings. The molecule has 2 unspecified atom stereocenters. The van der Waals surface area contributed by atoms with Crippen LogP contribution in [0.25, 0.3) is 0 Å². The number of halogens is 3. The SMILES string of the molecule is CCCS(C)(c1cc(F)c(Oc2ccc(Cl)cc2)c(F)c1)N(CCN(C)S(=O)Cc1ccncc1)CC(=O)NO. The molecular weight excluding hydrogens is 582 g/mol. The van der Waals surface area contributed by atoms with Gasteiger partial charge < -0.3 is 4.74 Å². The van der Waals surface area contributed by atoms with Crippen LogP contribution in [0.4, 0.5) is 8.78 Å². The zero-order valence-electron chi connectivity index (χ0n) is 22.5. The minimum Gasteiger partial charge on any atom is -0.451 e. The minimum absolute atomic E-state index is 0.223. The number of rotatable bonds is 14. The molecule has 3 rings (SSSR count). The third-order valence-electron chi connectivity index (χ3n) is 6.18. The topological polar surface area (TPSA) is 95.0 Å². The Morgan fingerprint density at radius 2 is 1.75 bits per heavy atom. The molecule has 0 bridgehead atoms. The number of amides is 1. The number of aromatic nitrogens is 1. The van der Waals surface area contributed by atoms with Gasteiger partial charge in [-0.15, -0.1) is 0 Å². The molecule has 2 atom stereocenters. The highest BCUT2D eigenvalue weighted by molar-refractivity contribution is 8.31. The van der Waals surface area contributed by atoms with Crippen LogP contribution in [-0.2, 0) is 21.5 Å². The summed E-state index contributed by atoms with van der Waals surface area (Å²) < 4.78 is 52.4.